The molecular formula is C21H21FN2O3S2. The van der Waals surface area contributed by atoms with Gasteiger partial charge in [-0.15, -0.1) is 0 Å². The molecule has 29 heavy (non-hydrogen) atoms. The fraction of sp³-hybridized carbons (Fsp3) is 0.333. The third-order valence-electron chi connectivity index (χ3n) is 5.14. The molecule has 0 bridgehead atoms. The van der Waals surface area contributed by atoms with Gasteiger partial charge in [-0.3, -0.25) is 4.79 Å². The predicted molar refractivity (Wildman–Crippen MR) is 113 cm³/mol. The Morgan fingerprint density at radius 2 is 1.76 bits per heavy atom. The van der Waals surface area contributed by atoms with Crippen molar-refractivity contribution in [2.45, 2.75) is 31.2 Å². The number of hydrogen-bond acceptors (Lipinski definition) is 4. The smallest absolute Gasteiger partial charge is 0.252 e. The quantitative estimate of drug-likeness (QED) is 0.743. The number of aryl methyl sites for hydroxylation is 1. The summed E-state index contributed by atoms with van der Waals surface area (Å²) in [5, 5.41) is 0.419. The summed E-state index contributed by atoms with van der Waals surface area (Å²) >= 11 is 1.36. The zero-order chi connectivity index (χ0) is 20.6. The van der Waals surface area contributed by atoms with E-state index in [4.69, 9.17) is 0 Å². The number of fused-ring (bicyclic) bond motifs is 1. The molecule has 2 saturated heterocycles. The average molecular weight is 433 g/mol. The molecule has 4 rings (SSSR count). The lowest BCUT2D eigenvalue weighted by Crippen LogP contribution is -2.37. The number of carbonyl (C=O) groups is 1. The lowest BCUT2D eigenvalue weighted by Gasteiger charge is -2.24. The highest BCUT2D eigenvalue weighted by molar-refractivity contribution is 8.15. The molecule has 2 atom stereocenters. The maximum atomic E-state index is 13.2. The van der Waals surface area contributed by atoms with Gasteiger partial charge in [0.2, 0.25) is 0 Å². The second kappa shape index (κ2) is 7.91. The van der Waals surface area contributed by atoms with Crippen LogP contribution in [0.4, 0.5) is 4.39 Å². The molecule has 0 aromatic heterocycles. The van der Waals surface area contributed by atoms with Crippen LogP contribution < -0.4 is 0 Å². The molecule has 2 aromatic rings. The molecule has 0 unspecified atom stereocenters. The largest absolute Gasteiger partial charge is 0.342 e. The van der Waals surface area contributed by atoms with Gasteiger partial charge in [-0.1, -0.05) is 53.7 Å². The molecule has 0 saturated carbocycles. The van der Waals surface area contributed by atoms with Gasteiger partial charge in [-0.05, 0) is 30.2 Å². The van der Waals surface area contributed by atoms with Crippen LogP contribution in [0.1, 0.15) is 16.7 Å². The van der Waals surface area contributed by atoms with Gasteiger partial charge in [0.1, 0.15) is 5.82 Å². The van der Waals surface area contributed by atoms with Crippen molar-refractivity contribution in [2.75, 3.05) is 11.5 Å². The molecule has 2 heterocycles. The van der Waals surface area contributed by atoms with Crippen molar-refractivity contribution in [2.24, 2.45) is 4.99 Å². The van der Waals surface area contributed by atoms with Crippen molar-refractivity contribution in [1.29, 1.82) is 0 Å². The van der Waals surface area contributed by atoms with E-state index in [-0.39, 0.29) is 40.9 Å². The number of hydrogen-bond donors (Lipinski definition) is 0. The van der Waals surface area contributed by atoms with E-state index in [1.165, 1.54) is 23.9 Å². The number of amidine groups is 1. The Kier molecular flexibility index (Phi) is 5.48. The second-order valence-corrected chi connectivity index (χ2v) is 10.9. The van der Waals surface area contributed by atoms with Gasteiger partial charge in [0.25, 0.3) is 5.91 Å². The Balaban J connectivity index is 1.56. The first-order chi connectivity index (χ1) is 13.8. The molecule has 2 fully saturated rings. The van der Waals surface area contributed by atoms with Gasteiger partial charge in [0.05, 0.1) is 24.0 Å². The van der Waals surface area contributed by atoms with E-state index in [9.17, 15) is 17.6 Å². The third-order valence-corrected chi connectivity index (χ3v) is 8.38. The van der Waals surface area contributed by atoms with Gasteiger partial charge in [-0.2, -0.15) is 4.99 Å². The molecule has 2 aliphatic heterocycles. The Morgan fingerprint density at radius 3 is 2.45 bits per heavy atom. The molecule has 1 amide bonds. The highest BCUT2D eigenvalue weighted by Crippen LogP contribution is 2.39. The van der Waals surface area contributed by atoms with Crippen LogP contribution >= 0.6 is 11.8 Å². The fourth-order valence-electron chi connectivity index (χ4n) is 3.63. The van der Waals surface area contributed by atoms with Crippen LogP contribution in [-0.4, -0.2) is 47.2 Å². The molecular weight excluding hydrogens is 411 g/mol. The van der Waals surface area contributed by atoms with E-state index in [0.29, 0.717) is 11.7 Å². The summed E-state index contributed by atoms with van der Waals surface area (Å²) < 4.78 is 37.4. The summed E-state index contributed by atoms with van der Waals surface area (Å²) in [6.07, 6.45) is 0.197. The number of halogens is 1. The molecule has 2 aliphatic rings. The van der Waals surface area contributed by atoms with Crippen LogP contribution in [0.5, 0.6) is 0 Å². The summed E-state index contributed by atoms with van der Waals surface area (Å²) in [5.41, 5.74) is 2.86. The standard InChI is InChI=1S/C21H21FN2O3S2/c1-14-2-4-15(5-3-14)10-20(25)23-21-24(11-16-6-8-17(22)9-7-16)18-12-29(26,27)13-19(18)28-21/h2-9,18-19H,10-13H2,1H3/t18-,19-/m1/s1. The van der Waals surface area contributed by atoms with Gasteiger partial charge < -0.3 is 4.90 Å². The molecule has 5 nitrogen and oxygen atoms in total. The second-order valence-electron chi connectivity index (χ2n) is 7.51. The Bertz CT molecular complexity index is 1050. The summed E-state index contributed by atoms with van der Waals surface area (Å²) in [6, 6.07) is 13.6. The van der Waals surface area contributed by atoms with Crippen molar-refractivity contribution in [1.82, 2.24) is 4.90 Å². The van der Waals surface area contributed by atoms with E-state index >= 15 is 0 Å². The maximum absolute atomic E-state index is 13.2. The van der Waals surface area contributed by atoms with E-state index in [1.807, 2.05) is 36.1 Å². The highest BCUT2D eigenvalue weighted by Gasteiger charge is 2.48. The molecule has 0 aliphatic carbocycles. The third kappa shape index (κ3) is 4.70. The van der Waals surface area contributed by atoms with Crippen molar-refractivity contribution in [3.63, 3.8) is 0 Å². The zero-order valence-electron chi connectivity index (χ0n) is 15.9. The fourth-order valence-corrected chi connectivity index (χ4v) is 7.60. The minimum Gasteiger partial charge on any atom is -0.342 e. The number of aliphatic imine (C=N–C) groups is 1. The van der Waals surface area contributed by atoms with Crippen LogP contribution in [0.25, 0.3) is 0 Å². The Hall–Kier alpha value is -2.19. The summed E-state index contributed by atoms with van der Waals surface area (Å²) in [6.45, 7) is 2.38. The molecule has 0 radical (unpaired) electrons. The molecule has 0 spiro atoms. The number of nitrogens with zero attached hydrogens (tertiary/aromatic N) is 2. The number of sulfone groups is 1. The first kappa shape index (κ1) is 20.1. The van der Waals surface area contributed by atoms with Crippen molar-refractivity contribution in [3.05, 3.63) is 71.0 Å². The van der Waals surface area contributed by atoms with Gasteiger partial charge in [0.15, 0.2) is 15.0 Å². The minimum absolute atomic E-state index is 0.0526. The summed E-state index contributed by atoms with van der Waals surface area (Å²) in [5.74, 6) is -0.443. The average Bonchev–Trinajstić information content (AvgIpc) is 3.11. The Labute approximate surface area is 173 Å². The Morgan fingerprint density at radius 1 is 1.10 bits per heavy atom. The lowest BCUT2D eigenvalue weighted by molar-refractivity contribution is -0.117. The van der Waals surface area contributed by atoms with E-state index < -0.39 is 9.84 Å². The number of amides is 1. The monoisotopic (exact) mass is 432 g/mol. The minimum atomic E-state index is -3.10. The van der Waals surface area contributed by atoms with Gasteiger partial charge in [0, 0.05) is 11.8 Å². The van der Waals surface area contributed by atoms with Crippen molar-refractivity contribution in [3.8, 4) is 0 Å². The van der Waals surface area contributed by atoms with Crippen molar-refractivity contribution < 1.29 is 17.6 Å². The molecule has 152 valence electrons. The topological polar surface area (TPSA) is 66.8 Å². The van der Waals surface area contributed by atoms with Gasteiger partial charge >= 0.3 is 0 Å². The number of rotatable bonds is 4. The summed E-state index contributed by atoms with van der Waals surface area (Å²) in [4.78, 5) is 18.8. The summed E-state index contributed by atoms with van der Waals surface area (Å²) in [7, 11) is -3.10. The van der Waals surface area contributed by atoms with Crippen LogP contribution in [0.3, 0.4) is 0 Å². The number of benzene rings is 2. The predicted octanol–water partition coefficient (Wildman–Crippen LogP) is 2.97. The zero-order valence-corrected chi connectivity index (χ0v) is 17.5. The SMILES string of the molecule is Cc1ccc(CC(=O)N=C2S[C@@H]3CS(=O)(=O)C[C@H]3N2Cc2ccc(F)cc2)cc1. The maximum Gasteiger partial charge on any atom is 0.252 e. The lowest BCUT2D eigenvalue weighted by atomic mass is 10.1. The van der Waals surface area contributed by atoms with E-state index in [1.54, 1.807) is 12.1 Å². The molecule has 0 N–H and O–H groups in total. The van der Waals surface area contributed by atoms with E-state index in [0.717, 1.165) is 16.7 Å². The van der Waals surface area contributed by atoms with Crippen LogP contribution in [0, 0.1) is 12.7 Å². The van der Waals surface area contributed by atoms with E-state index in [2.05, 4.69) is 4.99 Å². The van der Waals surface area contributed by atoms with Crippen molar-refractivity contribution >= 4 is 32.7 Å². The highest BCUT2D eigenvalue weighted by atomic mass is 32.2. The van der Waals surface area contributed by atoms with Crippen LogP contribution in [0.15, 0.2) is 53.5 Å². The van der Waals surface area contributed by atoms with Crippen LogP contribution in [0.2, 0.25) is 0 Å². The van der Waals surface area contributed by atoms with Gasteiger partial charge in [-0.25, -0.2) is 12.8 Å². The molecule has 8 heteroatoms. The first-order valence-corrected chi connectivity index (χ1v) is 12.0. The normalized spacial score (nSPS) is 24.1. The first-order valence-electron chi connectivity index (χ1n) is 9.34. The number of thioether (sulfide) groups is 1. The molecule has 2 aromatic carbocycles. The van der Waals surface area contributed by atoms with Crippen LogP contribution in [-0.2, 0) is 27.6 Å². The number of carbonyl (C=O) groups excluding carboxylic acids is 1.